The molecule has 0 saturated carbocycles. The van der Waals surface area contributed by atoms with E-state index in [2.05, 4.69) is 37.6 Å². The Balaban J connectivity index is 1.16. The van der Waals surface area contributed by atoms with Gasteiger partial charge in [0.2, 0.25) is 0 Å². The minimum Gasteiger partial charge on any atom is -0.376 e. The van der Waals surface area contributed by atoms with Gasteiger partial charge in [0.15, 0.2) is 0 Å². The van der Waals surface area contributed by atoms with Crippen molar-refractivity contribution in [1.82, 2.24) is 19.8 Å². The average molecular weight is 433 g/mol. The summed E-state index contributed by atoms with van der Waals surface area (Å²) in [4.78, 5) is 21.5. The van der Waals surface area contributed by atoms with Crippen LogP contribution in [0.1, 0.15) is 12.8 Å². The van der Waals surface area contributed by atoms with Crippen molar-refractivity contribution in [3.05, 3.63) is 65.1 Å². The number of benzene rings is 2. The number of rotatable bonds is 3. The summed E-state index contributed by atoms with van der Waals surface area (Å²) >= 11 is 0. The van der Waals surface area contributed by atoms with E-state index in [1.807, 2.05) is 42.5 Å². The van der Waals surface area contributed by atoms with E-state index >= 15 is 0 Å². The van der Waals surface area contributed by atoms with Crippen molar-refractivity contribution >= 4 is 22.4 Å². The molecule has 2 fully saturated rings. The van der Waals surface area contributed by atoms with Crippen molar-refractivity contribution in [3.63, 3.8) is 0 Å². The van der Waals surface area contributed by atoms with Gasteiger partial charge in [-0.2, -0.15) is 4.98 Å². The molecule has 32 heavy (non-hydrogen) atoms. The van der Waals surface area contributed by atoms with Crippen molar-refractivity contribution in [1.29, 1.82) is 0 Å². The third kappa shape index (κ3) is 3.09. The highest BCUT2D eigenvalue weighted by Gasteiger charge is 2.50. The van der Waals surface area contributed by atoms with Crippen LogP contribution in [0.3, 0.4) is 0 Å². The van der Waals surface area contributed by atoms with Gasteiger partial charge in [-0.1, -0.05) is 30.3 Å². The van der Waals surface area contributed by atoms with Crippen LogP contribution < -0.4 is 21.2 Å². The first-order valence-corrected chi connectivity index (χ1v) is 11.4. The molecule has 166 valence electrons. The molecule has 2 unspecified atom stereocenters. The van der Waals surface area contributed by atoms with Crippen LogP contribution in [0.15, 0.2) is 59.4 Å². The lowest BCUT2D eigenvalue weighted by Crippen LogP contribution is -2.58. The molecule has 3 aliphatic heterocycles. The number of aliphatic hydroxyl groups excluding tert-OH is 1. The van der Waals surface area contributed by atoms with Crippen LogP contribution in [0.4, 0.5) is 11.5 Å². The van der Waals surface area contributed by atoms with Gasteiger partial charge in [-0.05, 0) is 37.1 Å². The fourth-order valence-corrected chi connectivity index (χ4v) is 5.67. The summed E-state index contributed by atoms with van der Waals surface area (Å²) in [6.07, 6.45) is 1.25. The molecule has 0 aliphatic carbocycles. The van der Waals surface area contributed by atoms with E-state index in [1.165, 1.54) is 0 Å². The molecule has 2 atom stereocenters. The topological polar surface area (TPSA) is 85.7 Å². The zero-order chi connectivity index (χ0) is 21.7. The second-order valence-corrected chi connectivity index (χ2v) is 9.14. The van der Waals surface area contributed by atoms with Crippen LogP contribution in [0, 0.1) is 0 Å². The lowest BCUT2D eigenvalue weighted by atomic mass is 9.84. The van der Waals surface area contributed by atoms with Crippen LogP contribution in [0.5, 0.6) is 0 Å². The number of aromatic nitrogens is 2. The Morgan fingerprint density at radius 1 is 1.06 bits per heavy atom. The molecule has 8 heteroatoms. The van der Waals surface area contributed by atoms with Crippen LogP contribution >= 0.6 is 0 Å². The highest BCUT2D eigenvalue weighted by molar-refractivity contribution is 5.89. The lowest BCUT2D eigenvalue weighted by molar-refractivity contribution is 0.0427. The van der Waals surface area contributed by atoms with E-state index in [0.29, 0.717) is 13.2 Å². The number of piperidine rings is 1. The summed E-state index contributed by atoms with van der Waals surface area (Å²) in [5.41, 5.74) is 1.42. The van der Waals surface area contributed by atoms with Gasteiger partial charge in [0.05, 0.1) is 30.3 Å². The molecule has 8 nitrogen and oxygen atoms in total. The molecule has 0 bridgehead atoms. The first-order valence-electron chi connectivity index (χ1n) is 11.4. The number of para-hydroxylation sites is 2. The van der Waals surface area contributed by atoms with E-state index in [1.54, 1.807) is 4.57 Å². The number of fused-ring (bicyclic) bond motifs is 3. The zero-order valence-corrected chi connectivity index (χ0v) is 17.9. The molecule has 1 aromatic heterocycles. The first-order chi connectivity index (χ1) is 15.6. The maximum Gasteiger partial charge on any atom is 0.349 e. The predicted molar refractivity (Wildman–Crippen MR) is 125 cm³/mol. The van der Waals surface area contributed by atoms with Gasteiger partial charge < -0.3 is 20.2 Å². The van der Waals surface area contributed by atoms with Crippen molar-refractivity contribution in [2.45, 2.75) is 37.2 Å². The minimum atomic E-state index is -0.533. The fourth-order valence-electron chi connectivity index (χ4n) is 5.67. The molecule has 2 aromatic carbocycles. The standard InChI is InChI=1S/C24H28N6O2/c31-22-24(30(16-25-22)18-6-2-1-3-7-18)10-12-28(13-11-24)14-17-15-29-21(26-17)19-8-4-5-9-20(19)27-23(29)32/h1-9,17,22,25-26,31H,10-16H2. The highest BCUT2D eigenvalue weighted by Crippen LogP contribution is 2.38. The van der Waals surface area contributed by atoms with E-state index < -0.39 is 6.23 Å². The number of hydrogen-bond donors (Lipinski definition) is 3. The van der Waals surface area contributed by atoms with Crippen molar-refractivity contribution in [3.8, 4) is 0 Å². The van der Waals surface area contributed by atoms with E-state index in [0.717, 1.165) is 54.9 Å². The Hall–Kier alpha value is -2.94. The Morgan fingerprint density at radius 2 is 1.81 bits per heavy atom. The lowest BCUT2D eigenvalue weighted by Gasteiger charge is -2.47. The van der Waals surface area contributed by atoms with Gasteiger partial charge in [0.25, 0.3) is 0 Å². The van der Waals surface area contributed by atoms with Crippen LogP contribution in [-0.2, 0) is 6.54 Å². The Morgan fingerprint density at radius 3 is 2.62 bits per heavy atom. The maximum absolute atomic E-state index is 12.5. The molecule has 6 rings (SSSR count). The molecule has 0 amide bonds. The van der Waals surface area contributed by atoms with Gasteiger partial charge in [-0.25, -0.2) is 4.79 Å². The van der Waals surface area contributed by atoms with E-state index in [9.17, 15) is 9.90 Å². The molecule has 3 aliphatic rings. The fraction of sp³-hybridized carbons (Fsp3) is 0.417. The molecule has 3 aromatic rings. The summed E-state index contributed by atoms with van der Waals surface area (Å²) in [6, 6.07) is 18.3. The number of nitrogens with zero attached hydrogens (tertiary/aromatic N) is 4. The van der Waals surface area contributed by atoms with E-state index in [-0.39, 0.29) is 17.3 Å². The Kier molecular flexibility index (Phi) is 4.67. The third-order valence-electron chi connectivity index (χ3n) is 7.38. The van der Waals surface area contributed by atoms with Gasteiger partial charge >= 0.3 is 5.69 Å². The zero-order valence-electron chi connectivity index (χ0n) is 17.9. The normalized spacial score (nSPS) is 24.7. The largest absolute Gasteiger partial charge is 0.376 e. The summed E-state index contributed by atoms with van der Waals surface area (Å²) in [5, 5.41) is 18.7. The van der Waals surface area contributed by atoms with Gasteiger partial charge in [0.1, 0.15) is 12.0 Å². The van der Waals surface area contributed by atoms with Crippen molar-refractivity contribution < 1.29 is 5.11 Å². The third-order valence-corrected chi connectivity index (χ3v) is 7.38. The van der Waals surface area contributed by atoms with Crippen molar-refractivity contribution in [2.75, 3.05) is 36.5 Å². The van der Waals surface area contributed by atoms with Crippen molar-refractivity contribution in [2.24, 2.45) is 0 Å². The molecular formula is C24H28N6O2. The number of likely N-dealkylation sites (tertiary alicyclic amines) is 1. The van der Waals surface area contributed by atoms with Crippen LogP contribution in [0.25, 0.3) is 10.9 Å². The summed E-state index contributed by atoms with van der Waals surface area (Å²) in [6.45, 7) is 3.97. The quantitative estimate of drug-likeness (QED) is 0.577. The molecule has 2 saturated heterocycles. The number of aliphatic hydroxyl groups is 1. The second kappa shape index (κ2) is 7.58. The average Bonchev–Trinajstić information content (AvgIpc) is 3.38. The Labute approximate surface area is 186 Å². The van der Waals surface area contributed by atoms with Gasteiger partial charge in [-0.3, -0.25) is 9.88 Å². The molecule has 3 N–H and O–H groups in total. The van der Waals surface area contributed by atoms with Crippen LogP contribution in [0.2, 0.25) is 0 Å². The monoisotopic (exact) mass is 432 g/mol. The molecular weight excluding hydrogens is 404 g/mol. The molecule has 0 radical (unpaired) electrons. The number of nitrogens with one attached hydrogen (secondary N) is 2. The smallest absolute Gasteiger partial charge is 0.349 e. The summed E-state index contributed by atoms with van der Waals surface area (Å²) in [5.74, 6) is 0.879. The van der Waals surface area contributed by atoms with Gasteiger partial charge in [-0.15, -0.1) is 0 Å². The summed E-state index contributed by atoms with van der Waals surface area (Å²) < 4.78 is 1.76. The second-order valence-electron chi connectivity index (χ2n) is 9.14. The first kappa shape index (κ1) is 19.7. The predicted octanol–water partition coefficient (Wildman–Crippen LogP) is 1.41. The SMILES string of the molecule is O=c1nc2ccccc2c2n1CC(CN1CCC3(CC1)C(O)NCN3c1ccccc1)N2. The number of anilines is 2. The Bertz CT molecular complexity index is 1190. The molecule has 4 heterocycles. The molecule has 1 spiro atoms. The minimum absolute atomic E-state index is 0.168. The van der Waals surface area contributed by atoms with Gasteiger partial charge in [0, 0.05) is 30.7 Å². The van der Waals surface area contributed by atoms with E-state index in [4.69, 9.17) is 0 Å². The summed E-state index contributed by atoms with van der Waals surface area (Å²) in [7, 11) is 0. The van der Waals surface area contributed by atoms with Crippen LogP contribution in [-0.4, -0.2) is 63.7 Å². The highest BCUT2D eigenvalue weighted by atomic mass is 16.3. The maximum atomic E-state index is 12.5. The number of hydrogen-bond acceptors (Lipinski definition) is 7.